The van der Waals surface area contributed by atoms with Crippen molar-refractivity contribution in [2.45, 2.75) is 0 Å². The third-order valence-corrected chi connectivity index (χ3v) is 9.50. The van der Waals surface area contributed by atoms with Crippen molar-refractivity contribution >= 4 is 64.3 Å². The summed E-state index contributed by atoms with van der Waals surface area (Å²) in [5.41, 5.74) is 9.80. The topological polar surface area (TPSA) is 9.86 Å². The maximum absolute atomic E-state index is 2.43. The maximum Gasteiger partial charge on any atom is 0.0727 e. The predicted molar refractivity (Wildman–Crippen MR) is 176 cm³/mol. The summed E-state index contributed by atoms with van der Waals surface area (Å²) < 4.78 is 7.48. The van der Waals surface area contributed by atoms with Crippen molar-refractivity contribution in [1.82, 2.24) is 9.13 Å². The third kappa shape index (κ3) is 3.30. The van der Waals surface area contributed by atoms with Crippen LogP contribution in [0.4, 0.5) is 0 Å². The molecule has 0 N–H and O–H groups in total. The van der Waals surface area contributed by atoms with Gasteiger partial charge in [0.05, 0.1) is 26.8 Å². The molecule has 0 saturated heterocycles. The van der Waals surface area contributed by atoms with Gasteiger partial charge in [-0.2, -0.15) is 0 Å². The summed E-state index contributed by atoms with van der Waals surface area (Å²) in [5.74, 6) is 0. The molecule has 0 spiro atoms. The number of fused-ring (bicyclic) bond motifs is 8. The minimum atomic E-state index is 1.17. The summed E-state index contributed by atoms with van der Waals surface area (Å²) in [6, 6.07) is 52.8. The van der Waals surface area contributed by atoms with Crippen LogP contribution in [0.2, 0.25) is 0 Å². The first kappa shape index (κ1) is 22.7. The highest BCUT2D eigenvalue weighted by molar-refractivity contribution is 7.26. The van der Waals surface area contributed by atoms with Gasteiger partial charge < -0.3 is 9.13 Å². The molecule has 9 rings (SSSR count). The SMILES string of the molecule is c1ccc(-n2c3ccc(-c4cccc(-n5c6ccccc6c6ccccc65)c4)cc3c3sc4ccccc4c32)cc1. The van der Waals surface area contributed by atoms with Crippen molar-refractivity contribution in [3.8, 4) is 22.5 Å². The van der Waals surface area contributed by atoms with E-state index in [9.17, 15) is 0 Å². The summed E-state index contributed by atoms with van der Waals surface area (Å²) in [7, 11) is 0. The fraction of sp³-hybridized carbons (Fsp3) is 0. The van der Waals surface area contributed by atoms with Crippen LogP contribution in [0.15, 0.2) is 146 Å². The number of aromatic nitrogens is 2. The van der Waals surface area contributed by atoms with Crippen LogP contribution in [0.25, 0.3) is 75.5 Å². The van der Waals surface area contributed by atoms with Crippen molar-refractivity contribution in [1.29, 1.82) is 0 Å². The molecule has 0 fully saturated rings. The molecule has 192 valence electrons. The second kappa shape index (κ2) is 8.69. The Hall–Kier alpha value is -5.12. The number of hydrogen-bond acceptors (Lipinski definition) is 1. The molecule has 3 aromatic heterocycles. The van der Waals surface area contributed by atoms with Gasteiger partial charge in [0.1, 0.15) is 0 Å². The Balaban J connectivity index is 1.28. The zero-order chi connectivity index (χ0) is 26.9. The molecule has 2 nitrogen and oxygen atoms in total. The van der Waals surface area contributed by atoms with Crippen molar-refractivity contribution in [2.75, 3.05) is 0 Å². The van der Waals surface area contributed by atoms with Gasteiger partial charge in [-0.15, -0.1) is 11.3 Å². The Kier molecular flexibility index (Phi) is 4.80. The van der Waals surface area contributed by atoms with Crippen LogP contribution in [0.3, 0.4) is 0 Å². The quantitative estimate of drug-likeness (QED) is 0.211. The molecule has 0 aliphatic heterocycles. The van der Waals surface area contributed by atoms with Crippen LogP contribution in [0.5, 0.6) is 0 Å². The lowest BCUT2D eigenvalue weighted by Gasteiger charge is -2.11. The first-order valence-electron chi connectivity index (χ1n) is 14.0. The molecule has 9 aromatic rings. The second-order valence-corrected chi connectivity index (χ2v) is 11.7. The average molecular weight is 541 g/mol. The first-order valence-corrected chi connectivity index (χ1v) is 14.8. The Morgan fingerprint density at radius 3 is 1.78 bits per heavy atom. The maximum atomic E-state index is 2.43. The van der Waals surface area contributed by atoms with Gasteiger partial charge in [0, 0.05) is 37.6 Å². The molecule has 0 saturated carbocycles. The van der Waals surface area contributed by atoms with Crippen molar-refractivity contribution in [3.05, 3.63) is 146 Å². The van der Waals surface area contributed by atoms with Crippen LogP contribution < -0.4 is 0 Å². The number of benzene rings is 6. The van der Waals surface area contributed by atoms with E-state index in [1.165, 1.54) is 75.5 Å². The Morgan fingerprint density at radius 1 is 0.390 bits per heavy atom. The van der Waals surface area contributed by atoms with Crippen LogP contribution in [-0.2, 0) is 0 Å². The van der Waals surface area contributed by atoms with E-state index in [1.807, 2.05) is 11.3 Å². The highest BCUT2D eigenvalue weighted by atomic mass is 32.1. The normalized spacial score (nSPS) is 11.9. The lowest BCUT2D eigenvalue weighted by Crippen LogP contribution is -1.94. The first-order chi connectivity index (χ1) is 20.3. The number of para-hydroxylation sites is 3. The summed E-state index contributed by atoms with van der Waals surface area (Å²) in [4.78, 5) is 0. The van der Waals surface area contributed by atoms with E-state index in [2.05, 4.69) is 155 Å². The smallest absolute Gasteiger partial charge is 0.0727 e. The standard InChI is InChI=1S/C38H24N2S/c1-2-12-27(13-3-1)40-35-22-21-26(24-32(35)38-37(40)31-17-6-9-20-36(31)41-38)25-11-10-14-28(23-25)39-33-18-7-4-15-29(33)30-16-5-8-19-34(30)39/h1-24H. The molecule has 3 heterocycles. The van der Waals surface area contributed by atoms with E-state index in [0.717, 1.165) is 0 Å². The molecule has 0 atom stereocenters. The van der Waals surface area contributed by atoms with Gasteiger partial charge in [-0.1, -0.05) is 91.0 Å². The molecule has 41 heavy (non-hydrogen) atoms. The molecule has 0 bridgehead atoms. The van der Waals surface area contributed by atoms with E-state index in [4.69, 9.17) is 0 Å². The van der Waals surface area contributed by atoms with Gasteiger partial charge in [-0.25, -0.2) is 0 Å². The van der Waals surface area contributed by atoms with Gasteiger partial charge >= 0.3 is 0 Å². The molecule has 6 aromatic carbocycles. The van der Waals surface area contributed by atoms with Gasteiger partial charge in [0.25, 0.3) is 0 Å². The molecule has 3 heteroatoms. The minimum Gasteiger partial charge on any atom is -0.309 e. The Labute approximate surface area is 240 Å². The predicted octanol–water partition coefficient (Wildman–Crippen LogP) is 10.8. The summed E-state index contributed by atoms with van der Waals surface area (Å²) in [5, 5.41) is 5.17. The zero-order valence-electron chi connectivity index (χ0n) is 22.2. The van der Waals surface area contributed by atoms with Gasteiger partial charge in [-0.3, -0.25) is 0 Å². The van der Waals surface area contributed by atoms with E-state index in [0.29, 0.717) is 0 Å². The van der Waals surface area contributed by atoms with Gasteiger partial charge in [0.2, 0.25) is 0 Å². The number of nitrogens with zero attached hydrogens (tertiary/aromatic N) is 2. The minimum absolute atomic E-state index is 1.17. The zero-order valence-corrected chi connectivity index (χ0v) is 23.0. The largest absolute Gasteiger partial charge is 0.309 e. The van der Waals surface area contributed by atoms with E-state index >= 15 is 0 Å². The number of hydrogen-bond donors (Lipinski definition) is 0. The van der Waals surface area contributed by atoms with Crippen molar-refractivity contribution in [2.24, 2.45) is 0 Å². The third-order valence-electron chi connectivity index (χ3n) is 8.31. The Morgan fingerprint density at radius 2 is 1.00 bits per heavy atom. The van der Waals surface area contributed by atoms with E-state index < -0.39 is 0 Å². The monoisotopic (exact) mass is 540 g/mol. The summed E-state index contributed by atoms with van der Waals surface area (Å²) in [6.45, 7) is 0. The van der Waals surface area contributed by atoms with Gasteiger partial charge in [0.15, 0.2) is 0 Å². The fourth-order valence-electron chi connectivity index (χ4n) is 6.52. The molecule has 0 aliphatic rings. The van der Waals surface area contributed by atoms with Crippen LogP contribution in [-0.4, -0.2) is 9.13 Å². The second-order valence-electron chi connectivity index (χ2n) is 10.6. The molecule has 0 aliphatic carbocycles. The van der Waals surface area contributed by atoms with Crippen LogP contribution in [0.1, 0.15) is 0 Å². The molecule has 0 amide bonds. The molecule has 0 unspecified atom stereocenters. The summed E-state index contributed by atoms with van der Waals surface area (Å²) >= 11 is 1.89. The van der Waals surface area contributed by atoms with Crippen molar-refractivity contribution in [3.63, 3.8) is 0 Å². The molecular formula is C38H24N2S. The highest BCUT2D eigenvalue weighted by Crippen LogP contribution is 2.43. The van der Waals surface area contributed by atoms with Crippen LogP contribution in [0, 0.1) is 0 Å². The summed E-state index contributed by atoms with van der Waals surface area (Å²) in [6.07, 6.45) is 0. The van der Waals surface area contributed by atoms with E-state index in [1.54, 1.807) is 0 Å². The number of thiophene rings is 1. The van der Waals surface area contributed by atoms with Crippen LogP contribution >= 0.6 is 11.3 Å². The van der Waals surface area contributed by atoms with Gasteiger partial charge in [-0.05, 0) is 65.7 Å². The van der Waals surface area contributed by atoms with E-state index in [-0.39, 0.29) is 0 Å². The fourth-order valence-corrected chi connectivity index (χ4v) is 7.73. The lowest BCUT2D eigenvalue weighted by molar-refractivity contribution is 1.18. The Bertz CT molecular complexity index is 2370. The molecular weight excluding hydrogens is 516 g/mol. The van der Waals surface area contributed by atoms with Crippen molar-refractivity contribution < 1.29 is 0 Å². The molecule has 0 radical (unpaired) electrons. The lowest BCUT2D eigenvalue weighted by atomic mass is 10.0. The number of rotatable bonds is 3. The average Bonchev–Trinajstić information content (AvgIpc) is 3.68. The highest BCUT2D eigenvalue weighted by Gasteiger charge is 2.18.